The van der Waals surface area contributed by atoms with Gasteiger partial charge in [0.1, 0.15) is 11.6 Å². The van der Waals surface area contributed by atoms with Crippen LogP contribution in [0.4, 0.5) is 4.39 Å². The second-order valence-electron chi connectivity index (χ2n) is 4.10. The number of aromatic carboxylic acids is 1. The number of benzene rings is 2. The van der Waals surface area contributed by atoms with Gasteiger partial charge in [0.15, 0.2) is 0 Å². The van der Waals surface area contributed by atoms with Crippen LogP contribution in [0.3, 0.4) is 0 Å². The molecule has 3 nitrogen and oxygen atoms in total. The first-order chi connectivity index (χ1) is 10.1. The third-order valence-corrected chi connectivity index (χ3v) is 3.85. The van der Waals surface area contributed by atoms with Gasteiger partial charge in [-0.1, -0.05) is 11.6 Å². The van der Waals surface area contributed by atoms with Crippen LogP contribution in [0.1, 0.15) is 10.4 Å². The molecule has 2 aromatic rings. The summed E-state index contributed by atoms with van der Waals surface area (Å²) < 4.78 is 19.0. The molecule has 0 heterocycles. The molecule has 1 N–H and O–H groups in total. The molecule has 21 heavy (non-hydrogen) atoms. The van der Waals surface area contributed by atoms with E-state index < -0.39 is 11.8 Å². The Labute approximate surface area is 130 Å². The van der Waals surface area contributed by atoms with Crippen LogP contribution in [-0.2, 0) is 0 Å². The third kappa shape index (κ3) is 4.65. The van der Waals surface area contributed by atoms with Gasteiger partial charge in [-0.2, -0.15) is 0 Å². The highest BCUT2D eigenvalue weighted by Gasteiger charge is 2.08. The predicted octanol–water partition coefficient (Wildman–Crippen LogP) is 4.35. The highest BCUT2D eigenvalue weighted by molar-refractivity contribution is 7.99. The van der Waals surface area contributed by atoms with Gasteiger partial charge in [-0.3, -0.25) is 0 Å². The zero-order valence-corrected chi connectivity index (χ0v) is 12.5. The van der Waals surface area contributed by atoms with Crippen LogP contribution in [0.5, 0.6) is 5.75 Å². The predicted molar refractivity (Wildman–Crippen MR) is 81.0 cm³/mol. The number of carbonyl (C=O) groups is 1. The Morgan fingerprint density at radius 2 is 1.95 bits per heavy atom. The fraction of sp³-hybridized carbons (Fsp3) is 0.133. The van der Waals surface area contributed by atoms with E-state index in [1.54, 1.807) is 24.3 Å². The Morgan fingerprint density at radius 1 is 1.24 bits per heavy atom. The molecule has 0 aliphatic rings. The molecule has 2 rings (SSSR count). The largest absolute Gasteiger partial charge is 0.493 e. The highest BCUT2D eigenvalue weighted by atomic mass is 35.5. The van der Waals surface area contributed by atoms with Gasteiger partial charge >= 0.3 is 5.97 Å². The van der Waals surface area contributed by atoms with Gasteiger partial charge in [0.05, 0.1) is 12.2 Å². The van der Waals surface area contributed by atoms with E-state index in [1.165, 1.54) is 23.9 Å². The molecule has 6 heteroatoms. The molecule has 0 saturated carbocycles. The van der Waals surface area contributed by atoms with Gasteiger partial charge < -0.3 is 9.84 Å². The third-order valence-electron chi connectivity index (χ3n) is 2.60. The van der Waals surface area contributed by atoms with E-state index in [0.29, 0.717) is 28.0 Å². The molecule has 0 spiro atoms. The summed E-state index contributed by atoms with van der Waals surface area (Å²) in [6, 6.07) is 10.7. The minimum absolute atomic E-state index is 0.0671. The number of halogens is 2. The molecule has 0 bridgehead atoms. The quantitative estimate of drug-likeness (QED) is 0.633. The van der Waals surface area contributed by atoms with Crippen molar-refractivity contribution in [1.29, 1.82) is 0 Å². The molecule has 0 fully saturated rings. The summed E-state index contributed by atoms with van der Waals surface area (Å²) in [6.45, 7) is 0.378. The van der Waals surface area contributed by atoms with Crippen LogP contribution in [0.2, 0.25) is 5.02 Å². The first-order valence-electron chi connectivity index (χ1n) is 6.10. The average molecular weight is 327 g/mol. The van der Waals surface area contributed by atoms with Crippen molar-refractivity contribution >= 4 is 29.3 Å². The Kier molecular flexibility index (Phi) is 5.47. The fourth-order valence-corrected chi connectivity index (χ4v) is 2.52. The molecular weight excluding hydrogens is 315 g/mol. The number of carboxylic acids is 1. The van der Waals surface area contributed by atoms with Crippen molar-refractivity contribution in [2.24, 2.45) is 0 Å². The van der Waals surface area contributed by atoms with Crippen LogP contribution in [0, 0.1) is 5.82 Å². The van der Waals surface area contributed by atoms with E-state index in [0.717, 1.165) is 6.07 Å². The maximum Gasteiger partial charge on any atom is 0.335 e. The van der Waals surface area contributed by atoms with E-state index in [2.05, 4.69) is 0 Å². The summed E-state index contributed by atoms with van der Waals surface area (Å²) in [5, 5.41) is 9.50. The zero-order valence-electron chi connectivity index (χ0n) is 10.9. The highest BCUT2D eigenvalue weighted by Crippen LogP contribution is 2.23. The van der Waals surface area contributed by atoms with Crippen molar-refractivity contribution in [2.75, 3.05) is 12.4 Å². The van der Waals surface area contributed by atoms with Crippen LogP contribution in [-0.4, -0.2) is 23.4 Å². The van der Waals surface area contributed by atoms with E-state index in [9.17, 15) is 9.18 Å². The molecular formula is C15H12ClFO3S. The number of rotatable bonds is 6. The number of hydrogen-bond acceptors (Lipinski definition) is 3. The zero-order chi connectivity index (χ0) is 15.2. The van der Waals surface area contributed by atoms with Crippen LogP contribution >= 0.6 is 23.4 Å². The monoisotopic (exact) mass is 326 g/mol. The maximum atomic E-state index is 13.6. The Morgan fingerprint density at radius 3 is 2.62 bits per heavy atom. The lowest BCUT2D eigenvalue weighted by Gasteiger charge is -2.07. The maximum absolute atomic E-state index is 13.6. The first kappa shape index (κ1) is 15.7. The number of thioether (sulfide) groups is 1. The second-order valence-corrected chi connectivity index (χ2v) is 5.67. The Balaban J connectivity index is 1.87. The van der Waals surface area contributed by atoms with E-state index in [4.69, 9.17) is 21.4 Å². The van der Waals surface area contributed by atoms with Crippen LogP contribution in [0.25, 0.3) is 0 Å². The van der Waals surface area contributed by atoms with Crippen molar-refractivity contribution in [3.05, 3.63) is 58.9 Å². The SMILES string of the molecule is O=C(O)c1ccc(F)c(SCCOc2ccc(Cl)cc2)c1. The van der Waals surface area contributed by atoms with Gasteiger partial charge in [0, 0.05) is 15.7 Å². The fourth-order valence-electron chi connectivity index (χ4n) is 1.59. The molecule has 0 saturated heterocycles. The Hall–Kier alpha value is -1.72. The van der Waals surface area contributed by atoms with Gasteiger partial charge in [-0.25, -0.2) is 9.18 Å². The van der Waals surface area contributed by atoms with Crippen molar-refractivity contribution in [3.63, 3.8) is 0 Å². The van der Waals surface area contributed by atoms with Gasteiger partial charge in [-0.15, -0.1) is 11.8 Å². The standard InChI is InChI=1S/C15H12ClFO3S/c16-11-2-4-12(5-3-11)20-7-8-21-14-9-10(15(18)19)1-6-13(14)17/h1-6,9H,7-8H2,(H,18,19). The Bertz CT molecular complexity index is 631. The van der Waals surface area contributed by atoms with Crippen molar-refractivity contribution in [2.45, 2.75) is 4.90 Å². The average Bonchev–Trinajstić information content (AvgIpc) is 2.47. The molecule has 0 amide bonds. The minimum atomic E-state index is -1.07. The van der Waals surface area contributed by atoms with Crippen LogP contribution < -0.4 is 4.74 Å². The normalized spacial score (nSPS) is 10.4. The van der Waals surface area contributed by atoms with Crippen LogP contribution in [0.15, 0.2) is 47.4 Å². The summed E-state index contributed by atoms with van der Waals surface area (Å²) in [6.07, 6.45) is 0. The van der Waals surface area contributed by atoms with Crippen molar-refractivity contribution < 1.29 is 19.0 Å². The summed E-state index contributed by atoms with van der Waals surface area (Å²) >= 11 is 6.97. The van der Waals surface area contributed by atoms with E-state index >= 15 is 0 Å². The number of carboxylic acid groups (broad SMARTS) is 1. The molecule has 0 unspecified atom stereocenters. The number of hydrogen-bond donors (Lipinski definition) is 1. The summed E-state index contributed by atoms with van der Waals surface area (Å²) in [7, 11) is 0. The molecule has 0 aliphatic carbocycles. The van der Waals surface area contributed by atoms with E-state index in [-0.39, 0.29) is 5.56 Å². The molecule has 110 valence electrons. The summed E-state index contributed by atoms with van der Waals surface area (Å²) in [5.41, 5.74) is 0.0671. The minimum Gasteiger partial charge on any atom is -0.493 e. The topological polar surface area (TPSA) is 46.5 Å². The number of ether oxygens (including phenoxy) is 1. The van der Waals surface area contributed by atoms with Gasteiger partial charge in [0.25, 0.3) is 0 Å². The summed E-state index contributed by atoms with van der Waals surface area (Å²) in [4.78, 5) is 11.1. The molecule has 2 aromatic carbocycles. The lowest BCUT2D eigenvalue weighted by molar-refractivity contribution is 0.0696. The molecule has 0 aromatic heterocycles. The van der Waals surface area contributed by atoms with E-state index in [1.807, 2.05) is 0 Å². The second kappa shape index (κ2) is 7.33. The first-order valence-corrected chi connectivity index (χ1v) is 7.46. The summed E-state index contributed by atoms with van der Waals surface area (Å²) in [5.74, 6) is -0.326. The lowest BCUT2D eigenvalue weighted by Crippen LogP contribution is -2.01. The van der Waals surface area contributed by atoms with Gasteiger partial charge in [0.2, 0.25) is 0 Å². The van der Waals surface area contributed by atoms with Crippen molar-refractivity contribution in [3.8, 4) is 5.75 Å². The molecule has 0 atom stereocenters. The van der Waals surface area contributed by atoms with Gasteiger partial charge in [-0.05, 0) is 42.5 Å². The molecule has 0 radical (unpaired) electrons. The van der Waals surface area contributed by atoms with Crippen molar-refractivity contribution in [1.82, 2.24) is 0 Å². The smallest absolute Gasteiger partial charge is 0.335 e. The molecule has 0 aliphatic heterocycles. The lowest BCUT2D eigenvalue weighted by atomic mass is 10.2.